The minimum atomic E-state index is -4.55. The molecule has 13 heteroatoms. The summed E-state index contributed by atoms with van der Waals surface area (Å²) in [6.45, 7) is 6.50. The number of aryl methyl sites for hydroxylation is 2. The molecule has 5 rings (SSSR count). The first-order valence-electron chi connectivity index (χ1n) is 12.5. The van der Waals surface area contributed by atoms with Crippen LogP contribution < -0.4 is 10.2 Å². The predicted octanol–water partition coefficient (Wildman–Crippen LogP) is 4.73. The van der Waals surface area contributed by atoms with Gasteiger partial charge in [-0.25, -0.2) is 4.68 Å². The molecule has 4 aromatic rings. The molecule has 0 aliphatic carbocycles. The molecule has 9 nitrogen and oxygen atoms in total. The van der Waals surface area contributed by atoms with Crippen LogP contribution in [0.4, 0.5) is 24.5 Å². The lowest BCUT2D eigenvalue weighted by atomic mass is 10.1. The fraction of sp³-hybridized carbons (Fsp3) is 0.333. The number of likely N-dealkylation sites (N-methyl/N-ethyl adjacent to an activating group) is 1. The maximum Gasteiger partial charge on any atom is 0.416 e. The van der Waals surface area contributed by atoms with E-state index in [0.717, 1.165) is 42.0 Å². The maximum absolute atomic E-state index is 13.7. The Morgan fingerprint density at radius 1 is 1.00 bits per heavy atom. The Balaban J connectivity index is 0.00000370. The SMILES string of the molecule is Cc1ccc(C(=O)Nc2cc(N3CCN(C)CC3)cc(C(F)(F)F)c2)cc1-n1cc(-c2cnn(C)c2C)nn1.Cl. The van der Waals surface area contributed by atoms with Gasteiger partial charge in [-0.3, -0.25) is 9.48 Å². The molecule has 212 valence electrons. The first kappa shape index (κ1) is 29.1. The summed E-state index contributed by atoms with van der Waals surface area (Å²) in [6, 6.07) is 8.74. The Hall–Kier alpha value is -3.90. The van der Waals surface area contributed by atoms with E-state index < -0.39 is 17.6 Å². The van der Waals surface area contributed by atoms with Crippen molar-refractivity contribution < 1.29 is 18.0 Å². The van der Waals surface area contributed by atoms with E-state index in [1.54, 1.807) is 46.0 Å². The van der Waals surface area contributed by atoms with Crippen molar-refractivity contribution in [1.29, 1.82) is 0 Å². The highest BCUT2D eigenvalue weighted by atomic mass is 35.5. The molecule has 1 amide bonds. The zero-order chi connectivity index (χ0) is 27.9. The first-order chi connectivity index (χ1) is 18.5. The van der Waals surface area contributed by atoms with Gasteiger partial charge in [-0.15, -0.1) is 17.5 Å². The third-order valence-corrected chi connectivity index (χ3v) is 7.09. The van der Waals surface area contributed by atoms with Crippen LogP contribution in [-0.2, 0) is 13.2 Å². The van der Waals surface area contributed by atoms with Crippen LogP contribution in [0.5, 0.6) is 0 Å². The van der Waals surface area contributed by atoms with Crippen LogP contribution >= 0.6 is 12.4 Å². The van der Waals surface area contributed by atoms with Crippen LogP contribution in [0.1, 0.15) is 27.2 Å². The third-order valence-electron chi connectivity index (χ3n) is 7.09. The largest absolute Gasteiger partial charge is 0.416 e. The maximum atomic E-state index is 13.7. The van der Waals surface area contributed by atoms with Gasteiger partial charge < -0.3 is 15.1 Å². The second-order valence-corrected chi connectivity index (χ2v) is 9.83. The second-order valence-electron chi connectivity index (χ2n) is 9.83. The van der Waals surface area contributed by atoms with E-state index in [1.807, 2.05) is 32.8 Å². The van der Waals surface area contributed by atoms with Crippen molar-refractivity contribution in [2.75, 3.05) is 43.4 Å². The van der Waals surface area contributed by atoms with Gasteiger partial charge in [0, 0.05) is 61.4 Å². The number of carbonyl (C=O) groups excluding carboxylic acids is 1. The highest BCUT2D eigenvalue weighted by molar-refractivity contribution is 6.05. The molecule has 1 aliphatic heterocycles. The molecule has 0 bridgehead atoms. The molecule has 0 atom stereocenters. The summed E-state index contributed by atoms with van der Waals surface area (Å²) < 4.78 is 44.5. The van der Waals surface area contributed by atoms with Crippen molar-refractivity contribution in [3.63, 3.8) is 0 Å². The van der Waals surface area contributed by atoms with Crippen molar-refractivity contribution in [3.8, 4) is 16.9 Å². The highest BCUT2D eigenvalue weighted by Gasteiger charge is 2.32. The number of halogens is 4. The third kappa shape index (κ3) is 5.97. The molecule has 0 spiro atoms. The fourth-order valence-electron chi connectivity index (χ4n) is 4.55. The molecule has 0 saturated carbocycles. The van der Waals surface area contributed by atoms with Crippen molar-refractivity contribution in [2.45, 2.75) is 20.0 Å². The van der Waals surface area contributed by atoms with Gasteiger partial charge in [0.1, 0.15) is 5.69 Å². The number of nitrogens with zero attached hydrogens (tertiary/aromatic N) is 7. The molecule has 1 N–H and O–H groups in total. The van der Waals surface area contributed by atoms with E-state index in [0.29, 0.717) is 30.2 Å². The molecule has 1 aliphatic rings. The van der Waals surface area contributed by atoms with Crippen molar-refractivity contribution >= 4 is 29.7 Å². The van der Waals surface area contributed by atoms with Gasteiger partial charge in [0.15, 0.2) is 0 Å². The minimum Gasteiger partial charge on any atom is -0.369 e. The summed E-state index contributed by atoms with van der Waals surface area (Å²) in [4.78, 5) is 17.2. The van der Waals surface area contributed by atoms with Crippen LogP contribution in [0.3, 0.4) is 0 Å². The quantitative estimate of drug-likeness (QED) is 0.371. The van der Waals surface area contributed by atoms with E-state index in [-0.39, 0.29) is 23.7 Å². The van der Waals surface area contributed by atoms with Crippen molar-refractivity contribution in [1.82, 2.24) is 29.7 Å². The Morgan fingerprint density at radius 2 is 1.73 bits per heavy atom. The Morgan fingerprint density at radius 3 is 2.38 bits per heavy atom. The molecule has 1 fully saturated rings. The Kier molecular flexibility index (Phi) is 8.22. The van der Waals surface area contributed by atoms with Crippen LogP contribution in [-0.4, -0.2) is 68.8 Å². The summed E-state index contributed by atoms with van der Waals surface area (Å²) >= 11 is 0. The van der Waals surface area contributed by atoms with E-state index in [1.165, 1.54) is 0 Å². The molecule has 1 saturated heterocycles. The van der Waals surface area contributed by atoms with Crippen LogP contribution in [0.25, 0.3) is 16.9 Å². The normalized spacial score (nSPS) is 14.2. The lowest BCUT2D eigenvalue weighted by Gasteiger charge is -2.34. The summed E-state index contributed by atoms with van der Waals surface area (Å²) in [5, 5.41) is 15.4. The fourth-order valence-corrected chi connectivity index (χ4v) is 4.55. The Bertz CT molecular complexity index is 1520. The van der Waals surface area contributed by atoms with E-state index in [4.69, 9.17) is 0 Å². The van der Waals surface area contributed by atoms with Gasteiger partial charge in [0.25, 0.3) is 5.91 Å². The number of hydrogen-bond donors (Lipinski definition) is 1. The number of nitrogens with one attached hydrogen (secondary N) is 1. The molecule has 0 unspecified atom stereocenters. The minimum absolute atomic E-state index is 0. The summed E-state index contributed by atoms with van der Waals surface area (Å²) in [7, 11) is 3.82. The van der Waals surface area contributed by atoms with Crippen molar-refractivity contribution in [3.05, 3.63) is 71.2 Å². The number of alkyl halides is 3. The van der Waals surface area contributed by atoms with Gasteiger partial charge in [-0.1, -0.05) is 11.3 Å². The molecular weight excluding hydrogens is 545 g/mol. The highest BCUT2D eigenvalue weighted by Crippen LogP contribution is 2.35. The first-order valence-corrected chi connectivity index (χ1v) is 12.5. The second kappa shape index (κ2) is 11.3. The smallest absolute Gasteiger partial charge is 0.369 e. The lowest BCUT2D eigenvalue weighted by molar-refractivity contribution is -0.137. The number of carbonyl (C=O) groups is 1. The number of amides is 1. The van der Waals surface area contributed by atoms with Crippen LogP contribution in [0, 0.1) is 13.8 Å². The van der Waals surface area contributed by atoms with E-state index >= 15 is 0 Å². The zero-order valence-electron chi connectivity index (χ0n) is 22.5. The molecular formula is C27H30ClF3N8O. The van der Waals surface area contributed by atoms with Gasteiger partial charge in [0.05, 0.1) is 23.6 Å². The summed E-state index contributed by atoms with van der Waals surface area (Å²) in [5.41, 5.74) is 3.88. The predicted molar refractivity (Wildman–Crippen MR) is 149 cm³/mol. The van der Waals surface area contributed by atoms with Crippen LogP contribution in [0.15, 0.2) is 48.8 Å². The molecule has 0 radical (unpaired) electrons. The molecule has 2 aromatic carbocycles. The zero-order valence-corrected chi connectivity index (χ0v) is 23.3. The number of piperazine rings is 1. The topological polar surface area (TPSA) is 84.1 Å². The van der Waals surface area contributed by atoms with Crippen molar-refractivity contribution in [2.24, 2.45) is 7.05 Å². The van der Waals surface area contributed by atoms with Gasteiger partial charge in [-0.2, -0.15) is 18.3 Å². The van der Waals surface area contributed by atoms with E-state index in [2.05, 4.69) is 25.6 Å². The average Bonchev–Trinajstić information content (AvgIpc) is 3.50. The number of rotatable bonds is 5. The van der Waals surface area contributed by atoms with Gasteiger partial charge in [-0.05, 0) is 56.8 Å². The number of hydrogen-bond acceptors (Lipinski definition) is 6. The number of anilines is 2. The standard InChI is InChI=1S/C27H29F3N8O.ClH/c1-17-5-6-19(11-25(17)38-16-24(33-34-38)23-15-31-36(4)18(23)2)26(39)32-21-12-20(27(28,29)30)13-22(14-21)37-9-7-35(3)8-10-37;/h5-6,11-16H,7-10H2,1-4H3,(H,32,39);1H. The summed E-state index contributed by atoms with van der Waals surface area (Å²) in [6.07, 6.45) is -1.08. The Labute approximate surface area is 236 Å². The molecule has 2 aromatic heterocycles. The average molecular weight is 575 g/mol. The molecule has 40 heavy (non-hydrogen) atoms. The summed E-state index contributed by atoms with van der Waals surface area (Å²) in [5.74, 6) is -0.525. The van der Waals surface area contributed by atoms with Crippen LogP contribution in [0.2, 0.25) is 0 Å². The monoisotopic (exact) mass is 574 g/mol. The van der Waals surface area contributed by atoms with Gasteiger partial charge in [0.2, 0.25) is 0 Å². The number of aromatic nitrogens is 5. The lowest BCUT2D eigenvalue weighted by Crippen LogP contribution is -2.44. The number of benzene rings is 2. The van der Waals surface area contributed by atoms with E-state index in [9.17, 15) is 18.0 Å². The van der Waals surface area contributed by atoms with Gasteiger partial charge >= 0.3 is 6.18 Å². The molecule has 3 heterocycles.